The molecule has 29 heavy (non-hydrogen) atoms. The van der Waals surface area contributed by atoms with E-state index in [0.717, 1.165) is 6.20 Å². The number of nitrogens with zero attached hydrogens (tertiary/aromatic N) is 4. The van der Waals surface area contributed by atoms with Crippen molar-refractivity contribution in [2.45, 2.75) is 25.7 Å². The number of aryl methyl sites for hydroxylation is 1. The van der Waals surface area contributed by atoms with Crippen LogP contribution in [-0.4, -0.2) is 32.8 Å². The molecule has 1 aromatic carbocycles. The van der Waals surface area contributed by atoms with Crippen LogP contribution in [0.2, 0.25) is 0 Å². The summed E-state index contributed by atoms with van der Waals surface area (Å²) in [6.45, 7) is 1.72. The maximum absolute atomic E-state index is 14.0. The molecule has 148 valence electrons. The number of halogens is 2. The van der Waals surface area contributed by atoms with Gasteiger partial charge in [-0.1, -0.05) is 6.07 Å². The zero-order chi connectivity index (χ0) is 20.7. The molecule has 3 aromatic rings. The van der Waals surface area contributed by atoms with Gasteiger partial charge in [0.15, 0.2) is 11.6 Å². The third-order valence-corrected chi connectivity index (χ3v) is 4.93. The van der Waals surface area contributed by atoms with Crippen LogP contribution in [0.5, 0.6) is 5.88 Å². The van der Waals surface area contributed by atoms with Gasteiger partial charge in [-0.25, -0.2) is 19.3 Å². The van der Waals surface area contributed by atoms with Gasteiger partial charge in [-0.15, -0.1) is 0 Å². The Morgan fingerprint density at radius 2 is 1.97 bits per heavy atom. The molecule has 1 atom stereocenters. The van der Waals surface area contributed by atoms with Crippen LogP contribution in [0.25, 0.3) is 11.4 Å². The molecule has 2 N–H and O–H groups in total. The van der Waals surface area contributed by atoms with Crippen molar-refractivity contribution in [2.24, 2.45) is 0 Å². The number of fused-ring (bicyclic) bond motifs is 1. The summed E-state index contributed by atoms with van der Waals surface area (Å²) >= 11 is 0. The molecule has 0 saturated heterocycles. The van der Waals surface area contributed by atoms with Crippen LogP contribution < -0.4 is 10.5 Å². The number of Topliss-reactive ketones (excluding diaryl/α,β-unsaturated/α-hetero) is 1. The second kappa shape index (κ2) is 7.16. The van der Waals surface area contributed by atoms with E-state index in [1.165, 1.54) is 19.2 Å². The van der Waals surface area contributed by atoms with Crippen molar-refractivity contribution in [1.29, 1.82) is 0 Å². The van der Waals surface area contributed by atoms with Crippen LogP contribution >= 0.6 is 0 Å². The van der Waals surface area contributed by atoms with Gasteiger partial charge in [-0.3, -0.25) is 4.79 Å². The van der Waals surface area contributed by atoms with E-state index in [0.29, 0.717) is 34.5 Å². The molecule has 0 saturated carbocycles. The molecule has 2 aromatic heterocycles. The predicted molar refractivity (Wildman–Crippen MR) is 101 cm³/mol. The van der Waals surface area contributed by atoms with Gasteiger partial charge in [-0.05, 0) is 37.0 Å². The molecule has 1 aliphatic carbocycles. The SMILES string of the molecule is COc1nc(-c2cc(F)ccc2[C@@H]2CC(=O)c3c(C)nc(N)nc3C2)ncc1F. The van der Waals surface area contributed by atoms with Gasteiger partial charge in [0.2, 0.25) is 11.8 Å². The van der Waals surface area contributed by atoms with Gasteiger partial charge in [0.05, 0.1) is 30.3 Å². The average Bonchev–Trinajstić information content (AvgIpc) is 2.67. The summed E-state index contributed by atoms with van der Waals surface area (Å²) in [5.41, 5.74) is 8.36. The van der Waals surface area contributed by atoms with Crippen molar-refractivity contribution < 1.29 is 18.3 Å². The fourth-order valence-corrected chi connectivity index (χ4v) is 3.72. The minimum atomic E-state index is -0.723. The number of ketones is 1. The van der Waals surface area contributed by atoms with Crippen LogP contribution in [0, 0.1) is 18.6 Å². The molecule has 0 aliphatic heterocycles. The fourth-order valence-electron chi connectivity index (χ4n) is 3.72. The van der Waals surface area contributed by atoms with E-state index in [1.807, 2.05) is 0 Å². The molecule has 4 rings (SSSR count). The summed E-state index contributed by atoms with van der Waals surface area (Å²) in [5.74, 6) is -1.67. The maximum Gasteiger partial charge on any atom is 0.253 e. The number of ether oxygens (including phenoxy) is 1. The van der Waals surface area contributed by atoms with E-state index in [1.54, 1.807) is 13.0 Å². The zero-order valence-corrected chi connectivity index (χ0v) is 15.7. The van der Waals surface area contributed by atoms with Crippen molar-refractivity contribution in [3.8, 4) is 17.3 Å². The number of rotatable bonds is 3. The quantitative estimate of drug-likeness (QED) is 0.724. The Kier molecular flexibility index (Phi) is 4.65. The van der Waals surface area contributed by atoms with Crippen LogP contribution in [-0.2, 0) is 6.42 Å². The first-order chi connectivity index (χ1) is 13.9. The lowest BCUT2D eigenvalue weighted by Crippen LogP contribution is -2.23. The Balaban J connectivity index is 1.82. The highest BCUT2D eigenvalue weighted by Crippen LogP contribution is 2.37. The summed E-state index contributed by atoms with van der Waals surface area (Å²) in [7, 11) is 1.28. The van der Waals surface area contributed by atoms with Crippen LogP contribution in [0.4, 0.5) is 14.7 Å². The molecule has 0 fully saturated rings. The van der Waals surface area contributed by atoms with Crippen molar-refractivity contribution in [2.75, 3.05) is 12.8 Å². The number of nitrogen functional groups attached to an aromatic ring is 1. The monoisotopic (exact) mass is 397 g/mol. The molecular formula is C20H17F2N5O2. The summed E-state index contributed by atoms with van der Waals surface area (Å²) < 4.78 is 32.6. The molecule has 0 spiro atoms. The lowest BCUT2D eigenvalue weighted by molar-refractivity contribution is 0.0962. The maximum atomic E-state index is 14.0. The third kappa shape index (κ3) is 3.39. The predicted octanol–water partition coefficient (Wildman–Crippen LogP) is 3.02. The highest BCUT2D eigenvalue weighted by molar-refractivity contribution is 6.00. The van der Waals surface area contributed by atoms with Crippen molar-refractivity contribution in [3.05, 3.63) is 58.5 Å². The third-order valence-electron chi connectivity index (χ3n) is 4.93. The fraction of sp³-hybridized carbons (Fsp3) is 0.250. The normalized spacial score (nSPS) is 15.9. The van der Waals surface area contributed by atoms with Gasteiger partial charge in [-0.2, -0.15) is 9.37 Å². The Labute approximate surface area is 165 Å². The Hall–Kier alpha value is -3.49. The van der Waals surface area contributed by atoms with Crippen LogP contribution in [0.3, 0.4) is 0 Å². The van der Waals surface area contributed by atoms with Crippen LogP contribution in [0.1, 0.15) is 39.6 Å². The average molecular weight is 397 g/mol. The lowest BCUT2D eigenvalue weighted by Gasteiger charge is -2.25. The first-order valence-corrected chi connectivity index (χ1v) is 8.90. The number of methoxy groups -OCH3 is 1. The van der Waals surface area contributed by atoms with Gasteiger partial charge < -0.3 is 10.5 Å². The van der Waals surface area contributed by atoms with E-state index in [4.69, 9.17) is 10.5 Å². The highest BCUT2D eigenvalue weighted by Gasteiger charge is 2.31. The van der Waals surface area contributed by atoms with Crippen molar-refractivity contribution >= 4 is 11.7 Å². The van der Waals surface area contributed by atoms with E-state index >= 15 is 0 Å². The second-order valence-electron chi connectivity index (χ2n) is 6.80. The summed E-state index contributed by atoms with van der Waals surface area (Å²) in [4.78, 5) is 29.1. The standard InChI is InChI=1S/C20H17F2N5O2/c1-9-17-15(26-20(23)25-9)5-10(6-16(17)28)12-4-3-11(21)7-13(12)18-24-8-14(22)19(27-18)29-2/h3-4,7-8,10H,5-6H2,1-2H3,(H2,23,25,26)/t10-/m0/s1. The van der Waals surface area contributed by atoms with E-state index in [9.17, 15) is 13.6 Å². The van der Waals surface area contributed by atoms with Crippen molar-refractivity contribution in [3.63, 3.8) is 0 Å². The molecule has 0 bridgehead atoms. The molecule has 0 radical (unpaired) electrons. The topological polar surface area (TPSA) is 104 Å². The number of benzene rings is 1. The molecule has 9 heteroatoms. The summed E-state index contributed by atoms with van der Waals surface area (Å²) in [6, 6.07) is 4.16. The minimum absolute atomic E-state index is 0.0978. The molecule has 0 amide bonds. The molecule has 7 nitrogen and oxygen atoms in total. The molecule has 1 aliphatic rings. The Morgan fingerprint density at radius 1 is 1.17 bits per heavy atom. The number of carbonyl (C=O) groups excluding carboxylic acids is 1. The number of hydrogen-bond donors (Lipinski definition) is 1. The molecular weight excluding hydrogens is 380 g/mol. The minimum Gasteiger partial charge on any atom is -0.479 e. The largest absolute Gasteiger partial charge is 0.479 e. The first kappa shape index (κ1) is 18.9. The second-order valence-corrected chi connectivity index (χ2v) is 6.80. The molecule has 2 heterocycles. The van der Waals surface area contributed by atoms with E-state index < -0.39 is 11.6 Å². The summed E-state index contributed by atoms with van der Waals surface area (Å²) in [6.07, 6.45) is 1.58. The van der Waals surface area contributed by atoms with Crippen LogP contribution in [0.15, 0.2) is 24.4 Å². The van der Waals surface area contributed by atoms with E-state index in [2.05, 4.69) is 19.9 Å². The molecule has 0 unspecified atom stereocenters. The number of aromatic nitrogens is 4. The number of hydrogen-bond acceptors (Lipinski definition) is 7. The Bertz CT molecular complexity index is 1140. The summed E-state index contributed by atoms with van der Waals surface area (Å²) in [5, 5.41) is 0. The smallest absolute Gasteiger partial charge is 0.253 e. The van der Waals surface area contributed by atoms with E-state index in [-0.39, 0.29) is 35.8 Å². The van der Waals surface area contributed by atoms with Gasteiger partial charge in [0, 0.05) is 12.0 Å². The first-order valence-electron chi connectivity index (χ1n) is 8.90. The van der Waals surface area contributed by atoms with Crippen molar-refractivity contribution in [1.82, 2.24) is 19.9 Å². The van der Waals surface area contributed by atoms with Gasteiger partial charge in [0.1, 0.15) is 5.82 Å². The number of nitrogens with two attached hydrogens (primary N) is 1. The zero-order valence-electron chi connectivity index (χ0n) is 15.7. The van der Waals surface area contributed by atoms with Gasteiger partial charge in [0.25, 0.3) is 5.88 Å². The number of carbonyl (C=O) groups is 1. The van der Waals surface area contributed by atoms with Gasteiger partial charge >= 0.3 is 0 Å². The Morgan fingerprint density at radius 3 is 2.72 bits per heavy atom. The highest BCUT2D eigenvalue weighted by atomic mass is 19.1. The lowest BCUT2D eigenvalue weighted by atomic mass is 9.79. The number of anilines is 1.